The van der Waals surface area contributed by atoms with Crippen LogP contribution in [0.3, 0.4) is 0 Å². The lowest BCUT2D eigenvalue weighted by molar-refractivity contribution is 0.181. The monoisotopic (exact) mass is 290 g/mol. The predicted molar refractivity (Wildman–Crippen MR) is 58.6 cm³/mol. The van der Waals surface area contributed by atoms with Crippen LogP contribution in [0.2, 0.25) is 0 Å². The van der Waals surface area contributed by atoms with Crippen LogP contribution in [0.15, 0.2) is 0 Å². The van der Waals surface area contributed by atoms with Gasteiger partial charge < -0.3 is 4.52 Å². The highest BCUT2D eigenvalue weighted by Crippen LogP contribution is 2.53. The Morgan fingerprint density at radius 1 is 1.17 bits per heavy atom. The van der Waals surface area contributed by atoms with Gasteiger partial charge >= 0.3 is 0 Å². The molecule has 0 aliphatic carbocycles. The Kier molecular flexibility index (Phi) is 6.52. The Morgan fingerprint density at radius 2 is 1.58 bits per heavy atom. The third kappa shape index (κ3) is 5.54. The Balaban J connectivity index is 4.25. The number of hydrogen-bond donors (Lipinski definition) is 0. The van der Waals surface area contributed by atoms with Crippen LogP contribution in [-0.4, -0.2) is 9.90 Å². The van der Waals surface area contributed by atoms with Crippen LogP contribution < -0.4 is 0 Å². The molecule has 0 aliphatic heterocycles. The molecular weight excluding hydrogens is 284 g/mol. The van der Waals surface area contributed by atoms with E-state index in [-0.39, 0.29) is 5.92 Å². The van der Waals surface area contributed by atoms with Gasteiger partial charge in [-0.1, -0.05) is 48.7 Å². The normalized spacial score (nSPS) is 15.8. The molecule has 0 radical (unpaired) electrons. The molecule has 0 saturated heterocycles. The molecule has 1 unspecified atom stereocenters. The fourth-order valence-electron chi connectivity index (χ4n) is 0.645. The van der Waals surface area contributed by atoms with Crippen molar-refractivity contribution in [1.82, 2.24) is 0 Å². The van der Waals surface area contributed by atoms with Gasteiger partial charge in [0.2, 0.25) is 10.6 Å². The molecule has 0 N–H and O–H groups in total. The molecule has 74 valence electrons. The molecule has 1 atom stereocenters. The number of hydrogen-bond acceptors (Lipinski definition) is 1. The van der Waals surface area contributed by atoms with Gasteiger partial charge in [0.25, 0.3) is 0 Å². The van der Waals surface area contributed by atoms with Crippen LogP contribution in [0.4, 0.5) is 0 Å². The molecule has 0 aromatic carbocycles. The van der Waals surface area contributed by atoms with Gasteiger partial charge in [0.05, 0.1) is 0 Å². The second-order valence-electron chi connectivity index (χ2n) is 2.51. The average Bonchev–Trinajstić information content (AvgIpc) is 1.79. The summed E-state index contributed by atoms with van der Waals surface area (Å²) in [5.41, 5.74) is 0. The zero-order chi connectivity index (χ0) is 9.94. The smallest absolute Gasteiger partial charge is 0.225 e. The SMILES string of the molecule is CC(C)C(OP(Cl)Cl)C(Cl)(Cl)Cl. The molecule has 0 bridgehead atoms. The van der Waals surface area contributed by atoms with E-state index in [2.05, 4.69) is 0 Å². The lowest BCUT2D eigenvalue weighted by Gasteiger charge is -2.27. The number of halogens is 5. The maximum absolute atomic E-state index is 5.64. The van der Waals surface area contributed by atoms with Crippen LogP contribution in [0.25, 0.3) is 0 Å². The van der Waals surface area contributed by atoms with E-state index in [9.17, 15) is 0 Å². The lowest BCUT2D eigenvalue weighted by Crippen LogP contribution is -2.31. The number of alkyl halides is 3. The third-order valence-corrected chi connectivity index (χ3v) is 2.63. The van der Waals surface area contributed by atoms with E-state index in [4.69, 9.17) is 61.8 Å². The summed E-state index contributed by atoms with van der Waals surface area (Å²) in [7, 11) is 0. The lowest BCUT2D eigenvalue weighted by atomic mass is 10.1. The van der Waals surface area contributed by atoms with Crippen molar-refractivity contribution in [1.29, 1.82) is 0 Å². The zero-order valence-corrected chi connectivity index (χ0v) is 11.1. The first-order valence-corrected chi connectivity index (χ1v) is 7.30. The summed E-state index contributed by atoms with van der Waals surface area (Å²) in [6.45, 7) is 2.18. The molecule has 0 amide bonds. The van der Waals surface area contributed by atoms with E-state index >= 15 is 0 Å². The maximum Gasteiger partial charge on any atom is 0.225 e. The fraction of sp³-hybridized carbons (Fsp3) is 1.00. The van der Waals surface area contributed by atoms with Crippen LogP contribution in [-0.2, 0) is 4.52 Å². The topological polar surface area (TPSA) is 9.23 Å². The summed E-state index contributed by atoms with van der Waals surface area (Å²) in [6.07, 6.45) is -0.580. The van der Waals surface area contributed by atoms with E-state index in [1.54, 1.807) is 0 Å². The fourth-order valence-corrected chi connectivity index (χ4v) is 2.81. The van der Waals surface area contributed by atoms with Crippen molar-refractivity contribution in [2.45, 2.75) is 23.7 Å². The first-order valence-electron chi connectivity index (χ1n) is 3.10. The van der Waals surface area contributed by atoms with Gasteiger partial charge in [0.15, 0.2) is 0 Å². The van der Waals surface area contributed by atoms with Crippen molar-refractivity contribution in [2.24, 2.45) is 5.92 Å². The molecule has 12 heavy (non-hydrogen) atoms. The van der Waals surface area contributed by atoms with Crippen molar-refractivity contribution in [3.63, 3.8) is 0 Å². The first kappa shape index (κ1) is 13.8. The molecule has 0 aromatic rings. The standard InChI is InChI=1S/C5H8Cl5OP/c1-3(2)4(5(6,7)8)11-12(9)10/h3-4H,1-2H3. The van der Waals surface area contributed by atoms with Gasteiger partial charge in [0, 0.05) is 0 Å². The highest BCUT2D eigenvalue weighted by molar-refractivity contribution is 8.00. The van der Waals surface area contributed by atoms with Crippen molar-refractivity contribution < 1.29 is 4.52 Å². The Bertz CT molecular complexity index is 134. The Morgan fingerprint density at radius 3 is 1.67 bits per heavy atom. The predicted octanol–water partition coefficient (Wildman–Crippen LogP) is 5.10. The minimum absolute atomic E-state index is 0.0417. The second-order valence-corrected chi connectivity index (χ2v) is 7.86. The average molecular weight is 292 g/mol. The summed E-state index contributed by atoms with van der Waals surface area (Å²) in [5.74, 6) is 0.0417. The molecule has 0 heterocycles. The van der Waals surface area contributed by atoms with E-state index in [0.29, 0.717) is 0 Å². The van der Waals surface area contributed by atoms with Gasteiger partial charge in [-0.25, -0.2) is 0 Å². The van der Waals surface area contributed by atoms with E-state index in [0.717, 1.165) is 0 Å². The first-order chi connectivity index (χ1) is 5.25. The van der Waals surface area contributed by atoms with Crippen molar-refractivity contribution in [3.05, 3.63) is 0 Å². The highest BCUT2D eigenvalue weighted by atomic mass is 35.9. The Hall–Kier alpha value is 1.84. The molecule has 0 fully saturated rings. The summed E-state index contributed by atoms with van der Waals surface area (Å²) < 4.78 is 3.59. The molecule has 0 saturated carbocycles. The quantitative estimate of drug-likeness (QED) is 0.519. The maximum atomic E-state index is 5.64. The number of rotatable bonds is 3. The molecule has 0 rings (SSSR count). The molecule has 0 aromatic heterocycles. The molecular formula is C5H8Cl5OP. The third-order valence-electron chi connectivity index (χ3n) is 1.12. The summed E-state index contributed by atoms with van der Waals surface area (Å²) in [4.78, 5) is 0. The summed E-state index contributed by atoms with van der Waals surface area (Å²) in [5, 5.41) is 0. The van der Waals surface area contributed by atoms with Gasteiger partial charge in [-0.15, -0.1) is 0 Å². The minimum atomic E-state index is -1.55. The van der Waals surface area contributed by atoms with Gasteiger partial charge in [-0.05, 0) is 28.4 Å². The van der Waals surface area contributed by atoms with E-state index < -0.39 is 16.8 Å². The highest BCUT2D eigenvalue weighted by Gasteiger charge is 2.37. The van der Waals surface area contributed by atoms with Crippen molar-refractivity contribution in [2.75, 3.05) is 0 Å². The second kappa shape index (κ2) is 5.66. The summed E-state index contributed by atoms with van der Waals surface area (Å²) >= 11 is 27.8. The van der Waals surface area contributed by atoms with Crippen LogP contribution in [0.1, 0.15) is 13.8 Å². The van der Waals surface area contributed by atoms with Crippen LogP contribution in [0.5, 0.6) is 0 Å². The molecule has 0 spiro atoms. The van der Waals surface area contributed by atoms with Gasteiger partial charge in [0.1, 0.15) is 6.10 Å². The van der Waals surface area contributed by atoms with E-state index in [1.807, 2.05) is 13.8 Å². The van der Waals surface area contributed by atoms with Crippen LogP contribution >= 0.6 is 64.1 Å². The van der Waals surface area contributed by atoms with Crippen molar-refractivity contribution >= 4 is 64.1 Å². The van der Waals surface area contributed by atoms with Crippen LogP contribution in [0, 0.1) is 5.92 Å². The van der Waals surface area contributed by atoms with Gasteiger partial charge in [-0.2, -0.15) is 0 Å². The summed E-state index contributed by atoms with van der Waals surface area (Å²) in [6, 6.07) is 0. The van der Waals surface area contributed by atoms with Gasteiger partial charge in [-0.3, -0.25) is 0 Å². The minimum Gasteiger partial charge on any atom is -0.323 e. The largest absolute Gasteiger partial charge is 0.323 e. The molecule has 1 nitrogen and oxygen atoms in total. The zero-order valence-electron chi connectivity index (χ0n) is 6.40. The van der Waals surface area contributed by atoms with Crippen molar-refractivity contribution in [3.8, 4) is 0 Å². The van der Waals surface area contributed by atoms with E-state index in [1.165, 1.54) is 0 Å². The molecule has 0 aliphatic rings. The molecule has 7 heteroatoms. The Labute approximate surface area is 98.0 Å².